The highest BCUT2D eigenvalue weighted by Crippen LogP contribution is 2.38. The molecule has 114 valence electrons. The summed E-state index contributed by atoms with van der Waals surface area (Å²) in [7, 11) is 1.79. The van der Waals surface area contributed by atoms with Crippen molar-refractivity contribution in [2.45, 2.75) is 24.7 Å². The fourth-order valence-electron chi connectivity index (χ4n) is 3.10. The zero-order chi connectivity index (χ0) is 13.6. The molecule has 4 heteroatoms. The van der Waals surface area contributed by atoms with E-state index in [4.69, 9.17) is 16.3 Å². The highest BCUT2D eigenvalue weighted by Gasteiger charge is 2.35. The van der Waals surface area contributed by atoms with Crippen molar-refractivity contribution in [2.75, 3.05) is 39.2 Å². The Morgan fingerprint density at radius 2 is 1.85 bits per heavy atom. The second kappa shape index (κ2) is 8.89. The number of benzene rings is 1. The van der Waals surface area contributed by atoms with Gasteiger partial charge in [-0.25, -0.2) is 0 Å². The van der Waals surface area contributed by atoms with Crippen LogP contribution in [0.3, 0.4) is 0 Å². The summed E-state index contributed by atoms with van der Waals surface area (Å²) in [5.41, 5.74) is 1.76. The number of hydrogen-bond donors (Lipinski definition) is 0. The monoisotopic (exact) mass is 317 g/mol. The van der Waals surface area contributed by atoms with E-state index in [9.17, 15) is 0 Å². The minimum absolute atomic E-state index is 0. The number of likely N-dealkylation sites (tertiary alicyclic amines) is 1. The molecule has 1 aliphatic heterocycles. The van der Waals surface area contributed by atoms with Gasteiger partial charge in [-0.15, -0.1) is 24.0 Å². The zero-order valence-electron chi connectivity index (χ0n) is 12.2. The summed E-state index contributed by atoms with van der Waals surface area (Å²) in [6.07, 6.45) is 3.52. The lowest BCUT2D eigenvalue weighted by molar-refractivity contribution is 0.115. The van der Waals surface area contributed by atoms with Gasteiger partial charge in [-0.3, -0.25) is 0 Å². The van der Waals surface area contributed by atoms with Crippen molar-refractivity contribution in [1.29, 1.82) is 0 Å². The molecule has 1 aromatic carbocycles. The summed E-state index contributed by atoms with van der Waals surface area (Å²) in [5, 5.41) is 0. The van der Waals surface area contributed by atoms with Crippen LogP contribution in [-0.4, -0.2) is 44.1 Å². The summed E-state index contributed by atoms with van der Waals surface area (Å²) in [5.74, 6) is 0.733. The summed E-state index contributed by atoms with van der Waals surface area (Å²) < 4.78 is 5.33. The Balaban J connectivity index is 0.00000200. The number of hydrogen-bond acceptors (Lipinski definition) is 2. The molecule has 0 aliphatic carbocycles. The van der Waals surface area contributed by atoms with Crippen molar-refractivity contribution in [3.8, 4) is 0 Å². The lowest BCUT2D eigenvalue weighted by atomic mass is 9.70. The van der Waals surface area contributed by atoms with E-state index in [1.54, 1.807) is 7.11 Å². The SMILES string of the molecule is COCCC1(c2ccccc2)CCN(CCCl)CC1.Cl. The largest absolute Gasteiger partial charge is 0.385 e. The lowest BCUT2D eigenvalue weighted by Gasteiger charge is -2.42. The second-order valence-corrected chi connectivity index (χ2v) is 5.80. The van der Waals surface area contributed by atoms with Crippen LogP contribution in [0.1, 0.15) is 24.8 Å². The maximum Gasteiger partial charge on any atom is 0.0470 e. The molecule has 20 heavy (non-hydrogen) atoms. The molecular formula is C16H25Cl2NO. The average molecular weight is 318 g/mol. The van der Waals surface area contributed by atoms with Crippen molar-refractivity contribution in [2.24, 2.45) is 0 Å². The van der Waals surface area contributed by atoms with E-state index >= 15 is 0 Å². The Bertz CT molecular complexity index is 364. The van der Waals surface area contributed by atoms with E-state index in [-0.39, 0.29) is 12.4 Å². The van der Waals surface area contributed by atoms with Crippen LogP contribution in [0.4, 0.5) is 0 Å². The molecule has 0 bridgehead atoms. The Morgan fingerprint density at radius 3 is 2.40 bits per heavy atom. The first-order valence-electron chi connectivity index (χ1n) is 7.13. The molecule has 0 amide bonds. The standard InChI is InChI=1S/C16H24ClNO.ClH/c1-19-14-9-16(15-5-3-2-4-6-15)7-11-18(12-8-16)13-10-17;/h2-6H,7-14H2,1H3;1H. The Labute approximate surface area is 133 Å². The third kappa shape index (κ3) is 4.36. The van der Waals surface area contributed by atoms with E-state index in [1.807, 2.05) is 0 Å². The number of rotatable bonds is 6. The highest BCUT2D eigenvalue weighted by atomic mass is 35.5. The normalized spacial score (nSPS) is 18.5. The Morgan fingerprint density at radius 1 is 1.20 bits per heavy atom. The van der Waals surface area contributed by atoms with Crippen LogP contribution in [0.25, 0.3) is 0 Å². The third-order valence-electron chi connectivity index (χ3n) is 4.38. The quantitative estimate of drug-likeness (QED) is 0.741. The van der Waals surface area contributed by atoms with Gasteiger partial charge >= 0.3 is 0 Å². The van der Waals surface area contributed by atoms with Gasteiger partial charge in [0, 0.05) is 26.1 Å². The predicted molar refractivity (Wildman–Crippen MR) is 88.3 cm³/mol. The van der Waals surface area contributed by atoms with Crippen molar-refractivity contribution in [3.05, 3.63) is 35.9 Å². The molecule has 1 fully saturated rings. The van der Waals surface area contributed by atoms with Gasteiger partial charge in [0.05, 0.1) is 0 Å². The van der Waals surface area contributed by atoms with Crippen molar-refractivity contribution >= 4 is 24.0 Å². The highest BCUT2D eigenvalue weighted by molar-refractivity contribution is 6.18. The molecule has 1 heterocycles. The van der Waals surface area contributed by atoms with Gasteiger partial charge in [-0.1, -0.05) is 30.3 Å². The maximum atomic E-state index is 5.84. The van der Waals surface area contributed by atoms with Crippen LogP contribution in [0, 0.1) is 0 Å². The molecule has 2 rings (SSSR count). The molecule has 0 spiro atoms. The Hall–Kier alpha value is -0.280. The zero-order valence-corrected chi connectivity index (χ0v) is 13.8. The second-order valence-electron chi connectivity index (χ2n) is 5.42. The molecule has 0 radical (unpaired) electrons. The average Bonchev–Trinajstić information content (AvgIpc) is 2.48. The van der Waals surface area contributed by atoms with Gasteiger partial charge < -0.3 is 9.64 Å². The van der Waals surface area contributed by atoms with E-state index in [2.05, 4.69) is 35.2 Å². The molecule has 1 aliphatic rings. The minimum atomic E-state index is 0. The van der Waals surface area contributed by atoms with Crippen LogP contribution in [0.5, 0.6) is 0 Å². The summed E-state index contributed by atoms with van der Waals surface area (Å²) in [6, 6.07) is 10.9. The van der Waals surface area contributed by atoms with E-state index in [0.717, 1.165) is 38.5 Å². The number of alkyl halides is 1. The van der Waals surface area contributed by atoms with Gasteiger partial charge in [0.25, 0.3) is 0 Å². The summed E-state index contributed by atoms with van der Waals surface area (Å²) >= 11 is 5.84. The molecule has 0 aromatic heterocycles. The smallest absolute Gasteiger partial charge is 0.0470 e. The van der Waals surface area contributed by atoms with Gasteiger partial charge in [0.15, 0.2) is 0 Å². The number of ether oxygens (including phenoxy) is 1. The minimum Gasteiger partial charge on any atom is -0.385 e. The van der Waals surface area contributed by atoms with Gasteiger partial charge in [0.2, 0.25) is 0 Å². The van der Waals surface area contributed by atoms with Crippen LogP contribution < -0.4 is 0 Å². The van der Waals surface area contributed by atoms with E-state index < -0.39 is 0 Å². The van der Waals surface area contributed by atoms with Crippen molar-refractivity contribution in [1.82, 2.24) is 4.90 Å². The van der Waals surface area contributed by atoms with E-state index in [0.29, 0.717) is 5.41 Å². The van der Waals surface area contributed by atoms with Crippen LogP contribution in [-0.2, 0) is 10.2 Å². The lowest BCUT2D eigenvalue weighted by Crippen LogP contribution is -2.43. The number of nitrogens with zero attached hydrogens (tertiary/aromatic N) is 1. The number of methoxy groups -OCH3 is 1. The van der Waals surface area contributed by atoms with E-state index in [1.165, 1.54) is 18.4 Å². The molecule has 1 aromatic rings. The number of halogens is 2. The fraction of sp³-hybridized carbons (Fsp3) is 0.625. The fourth-order valence-corrected chi connectivity index (χ4v) is 3.34. The first kappa shape index (κ1) is 17.8. The van der Waals surface area contributed by atoms with Gasteiger partial charge in [-0.2, -0.15) is 0 Å². The van der Waals surface area contributed by atoms with Crippen molar-refractivity contribution in [3.63, 3.8) is 0 Å². The van der Waals surface area contributed by atoms with Crippen LogP contribution in [0.15, 0.2) is 30.3 Å². The molecule has 0 unspecified atom stereocenters. The summed E-state index contributed by atoms with van der Waals surface area (Å²) in [4.78, 5) is 2.47. The maximum absolute atomic E-state index is 5.84. The topological polar surface area (TPSA) is 12.5 Å². The molecule has 0 saturated carbocycles. The third-order valence-corrected chi connectivity index (χ3v) is 4.55. The predicted octanol–water partition coefficient (Wildman–Crippen LogP) is 3.72. The molecule has 2 nitrogen and oxygen atoms in total. The first-order chi connectivity index (χ1) is 9.30. The van der Waals surface area contributed by atoms with Crippen LogP contribution in [0.2, 0.25) is 0 Å². The molecule has 0 N–H and O–H groups in total. The first-order valence-corrected chi connectivity index (χ1v) is 7.67. The van der Waals surface area contributed by atoms with Crippen molar-refractivity contribution < 1.29 is 4.74 Å². The Kier molecular flexibility index (Phi) is 7.90. The molecule has 0 atom stereocenters. The number of piperidine rings is 1. The summed E-state index contributed by atoms with van der Waals surface area (Å²) in [6.45, 7) is 4.14. The van der Waals surface area contributed by atoms with Gasteiger partial charge in [0.1, 0.15) is 0 Å². The molecular weight excluding hydrogens is 293 g/mol. The molecule has 1 saturated heterocycles. The van der Waals surface area contributed by atoms with Crippen LogP contribution >= 0.6 is 24.0 Å². The van der Waals surface area contributed by atoms with Gasteiger partial charge in [-0.05, 0) is 43.3 Å².